The first-order valence-corrected chi connectivity index (χ1v) is 9.47. The minimum absolute atomic E-state index is 0.0266. The maximum absolute atomic E-state index is 12.3. The number of hydrogen-bond donors (Lipinski definition) is 2. The van der Waals surface area contributed by atoms with Crippen molar-refractivity contribution in [1.82, 2.24) is 19.7 Å². The molecule has 8 nitrogen and oxygen atoms in total. The number of nitrogens with zero attached hydrogens (tertiary/aromatic N) is 4. The van der Waals surface area contributed by atoms with Gasteiger partial charge >= 0.3 is 0 Å². The van der Waals surface area contributed by atoms with Gasteiger partial charge in [0.2, 0.25) is 11.8 Å². The Kier molecular flexibility index (Phi) is 4.89. The normalized spacial score (nSPS) is 19.6. The number of likely N-dealkylation sites (tertiary alicyclic amines) is 1. The molecule has 2 aliphatic heterocycles. The molecule has 1 aromatic carbocycles. The van der Waals surface area contributed by atoms with Gasteiger partial charge in [-0.15, -0.1) is 0 Å². The first-order chi connectivity index (χ1) is 13.1. The number of rotatable bonds is 5. The average Bonchev–Trinajstić information content (AvgIpc) is 3.31. The Labute approximate surface area is 158 Å². The minimum Gasteiger partial charge on any atom is -0.326 e. The highest BCUT2D eigenvalue weighted by atomic mass is 16.2. The van der Waals surface area contributed by atoms with Crippen LogP contribution in [0, 0.1) is 0 Å². The van der Waals surface area contributed by atoms with Crippen LogP contribution in [-0.4, -0.2) is 51.1 Å². The maximum atomic E-state index is 12.3. The molecule has 1 saturated heterocycles. The second kappa shape index (κ2) is 7.48. The molecule has 3 heterocycles. The van der Waals surface area contributed by atoms with Crippen LogP contribution in [0.1, 0.15) is 43.5 Å². The van der Waals surface area contributed by atoms with Gasteiger partial charge in [0.25, 0.3) is 0 Å². The predicted molar refractivity (Wildman–Crippen MR) is 102 cm³/mol. The summed E-state index contributed by atoms with van der Waals surface area (Å²) < 4.78 is 1.82. The molecule has 8 heteroatoms. The van der Waals surface area contributed by atoms with Crippen molar-refractivity contribution in [2.75, 3.05) is 30.3 Å². The molecule has 2 aliphatic rings. The second-order valence-corrected chi connectivity index (χ2v) is 7.07. The van der Waals surface area contributed by atoms with E-state index in [9.17, 15) is 9.59 Å². The zero-order chi connectivity index (χ0) is 18.8. The summed E-state index contributed by atoms with van der Waals surface area (Å²) in [5.41, 5.74) is 2.41. The molecule has 2 aromatic rings. The summed E-state index contributed by atoms with van der Waals surface area (Å²) in [6, 6.07) is 5.67. The fourth-order valence-electron chi connectivity index (χ4n) is 3.90. The first-order valence-electron chi connectivity index (χ1n) is 9.47. The Morgan fingerprint density at radius 1 is 1.33 bits per heavy atom. The lowest BCUT2D eigenvalue weighted by Gasteiger charge is -2.26. The average molecular weight is 368 g/mol. The molecule has 1 aromatic heterocycles. The third-order valence-electron chi connectivity index (χ3n) is 5.20. The van der Waals surface area contributed by atoms with Crippen LogP contribution in [-0.2, 0) is 16.1 Å². The lowest BCUT2D eigenvalue weighted by molar-refractivity contribution is -0.117. The van der Waals surface area contributed by atoms with Crippen molar-refractivity contribution < 1.29 is 9.59 Å². The van der Waals surface area contributed by atoms with Crippen molar-refractivity contribution >= 4 is 23.2 Å². The van der Waals surface area contributed by atoms with Gasteiger partial charge in [0.05, 0.1) is 12.5 Å². The molecule has 1 fully saturated rings. The van der Waals surface area contributed by atoms with Crippen LogP contribution in [0.4, 0.5) is 11.4 Å². The molecular weight excluding hydrogens is 344 g/mol. The fraction of sp³-hybridized carbons (Fsp3) is 0.474. The lowest BCUT2D eigenvalue weighted by atomic mass is 9.89. The van der Waals surface area contributed by atoms with E-state index in [0.29, 0.717) is 25.2 Å². The standard InChI is InChI=1S/C19H24N6O2/c1-2-25-19(20-12-21-25)15-10-17(26)23-16-9-13(5-6-14(15)16)22-18(27)11-24-7-3-4-8-24/h5-6,9,12,15H,2-4,7-8,10-11H2,1H3,(H,22,27)(H,23,26)/t15-/m0/s1. The highest BCUT2D eigenvalue weighted by molar-refractivity contribution is 5.97. The van der Waals surface area contributed by atoms with Gasteiger partial charge in [0.1, 0.15) is 12.2 Å². The van der Waals surface area contributed by atoms with Crippen molar-refractivity contribution in [1.29, 1.82) is 0 Å². The van der Waals surface area contributed by atoms with E-state index in [1.54, 1.807) is 0 Å². The number of aryl methyl sites for hydroxylation is 1. The SMILES string of the molecule is CCn1ncnc1[C@H]1CC(=O)Nc2cc(NC(=O)CN3CCCC3)ccc21. The number of amides is 2. The van der Waals surface area contributed by atoms with Gasteiger partial charge in [-0.05, 0) is 50.6 Å². The maximum Gasteiger partial charge on any atom is 0.238 e. The molecule has 1 atom stereocenters. The molecule has 0 bridgehead atoms. The highest BCUT2D eigenvalue weighted by Crippen LogP contribution is 2.37. The van der Waals surface area contributed by atoms with E-state index < -0.39 is 0 Å². The van der Waals surface area contributed by atoms with Crippen LogP contribution in [0.15, 0.2) is 24.5 Å². The molecule has 0 radical (unpaired) electrons. The molecule has 0 unspecified atom stereocenters. The zero-order valence-corrected chi connectivity index (χ0v) is 15.4. The number of carbonyl (C=O) groups excluding carboxylic acids is 2. The van der Waals surface area contributed by atoms with Crippen LogP contribution < -0.4 is 10.6 Å². The van der Waals surface area contributed by atoms with Crippen LogP contribution in [0.25, 0.3) is 0 Å². The Morgan fingerprint density at radius 2 is 2.15 bits per heavy atom. The Bertz CT molecular complexity index is 856. The van der Waals surface area contributed by atoms with Gasteiger partial charge in [-0.2, -0.15) is 5.10 Å². The third kappa shape index (κ3) is 3.71. The molecule has 0 saturated carbocycles. The topological polar surface area (TPSA) is 92.1 Å². The molecule has 4 rings (SSSR count). The van der Waals surface area contributed by atoms with Crippen molar-refractivity contribution in [3.63, 3.8) is 0 Å². The number of fused-ring (bicyclic) bond motifs is 1. The van der Waals surface area contributed by atoms with Gasteiger partial charge in [-0.3, -0.25) is 14.5 Å². The number of hydrogen-bond acceptors (Lipinski definition) is 5. The van der Waals surface area contributed by atoms with Gasteiger partial charge in [0.15, 0.2) is 0 Å². The van der Waals surface area contributed by atoms with Gasteiger partial charge in [0, 0.05) is 24.3 Å². The van der Waals surface area contributed by atoms with Crippen molar-refractivity contribution in [2.45, 2.75) is 38.6 Å². The number of nitrogens with one attached hydrogen (secondary N) is 2. The monoisotopic (exact) mass is 368 g/mol. The van der Waals surface area contributed by atoms with E-state index in [-0.39, 0.29) is 17.7 Å². The molecule has 2 amide bonds. The Balaban J connectivity index is 1.54. The van der Waals surface area contributed by atoms with Gasteiger partial charge in [-0.25, -0.2) is 9.67 Å². The van der Waals surface area contributed by atoms with E-state index in [4.69, 9.17) is 0 Å². The van der Waals surface area contributed by atoms with Crippen LogP contribution in [0.3, 0.4) is 0 Å². The largest absolute Gasteiger partial charge is 0.326 e. The number of aromatic nitrogens is 3. The molecule has 0 aliphatic carbocycles. The number of anilines is 2. The number of benzene rings is 1. The fourth-order valence-corrected chi connectivity index (χ4v) is 3.90. The van der Waals surface area contributed by atoms with E-state index in [2.05, 4.69) is 25.6 Å². The quantitative estimate of drug-likeness (QED) is 0.840. The Morgan fingerprint density at radius 3 is 2.93 bits per heavy atom. The summed E-state index contributed by atoms with van der Waals surface area (Å²) in [7, 11) is 0. The molecular formula is C19H24N6O2. The predicted octanol–water partition coefficient (Wildman–Crippen LogP) is 1.81. The Hall–Kier alpha value is -2.74. The summed E-state index contributed by atoms with van der Waals surface area (Å²) in [4.78, 5) is 31.0. The second-order valence-electron chi connectivity index (χ2n) is 7.07. The molecule has 2 N–H and O–H groups in total. The molecule has 0 spiro atoms. The van der Waals surface area contributed by atoms with E-state index in [1.165, 1.54) is 6.33 Å². The zero-order valence-electron chi connectivity index (χ0n) is 15.4. The summed E-state index contributed by atoms with van der Waals surface area (Å²) in [6.07, 6.45) is 4.17. The summed E-state index contributed by atoms with van der Waals surface area (Å²) in [6.45, 7) is 5.07. The summed E-state index contributed by atoms with van der Waals surface area (Å²) in [5, 5.41) is 10.1. The molecule has 142 valence electrons. The van der Waals surface area contributed by atoms with E-state index >= 15 is 0 Å². The summed E-state index contributed by atoms with van der Waals surface area (Å²) >= 11 is 0. The van der Waals surface area contributed by atoms with Gasteiger partial charge < -0.3 is 10.6 Å². The third-order valence-corrected chi connectivity index (χ3v) is 5.20. The van der Waals surface area contributed by atoms with Crippen LogP contribution in [0.2, 0.25) is 0 Å². The van der Waals surface area contributed by atoms with Crippen molar-refractivity contribution in [2.24, 2.45) is 0 Å². The van der Waals surface area contributed by atoms with Crippen LogP contribution in [0.5, 0.6) is 0 Å². The molecule has 27 heavy (non-hydrogen) atoms. The summed E-state index contributed by atoms with van der Waals surface area (Å²) in [5.74, 6) is 0.574. The smallest absolute Gasteiger partial charge is 0.238 e. The minimum atomic E-state index is -0.134. The van der Waals surface area contributed by atoms with Crippen molar-refractivity contribution in [3.8, 4) is 0 Å². The highest BCUT2D eigenvalue weighted by Gasteiger charge is 2.30. The van der Waals surface area contributed by atoms with E-state index in [1.807, 2.05) is 29.8 Å². The lowest BCUT2D eigenvalue weighted by Crippen LogP contribution is -2.31. The van der Waals surface area contributed by atoms with Gasteiger partial charge in [-0.1, -0.05) is 6.07 Å². The first kappa shape index (κ1) is 17.7. The van der Waals surface area contributed by atoms with Crippen LogP contribution >= 0.6 is 0 Å². The van der Waals surface area contributed by atoms with Crippen molar-refractivity contribution in [3.05, 3.63) is 35.9 Å². The number of carbonyl (C=O) groups is 2. The van der Waals surface area contributed by atoms with E-state index in [0.717, 1.165) is 43.0 Å².